The molecule has 0 amide bonds. The molecule has 0 aliphatic carbocycles. The maximum atomic E-state index is 13.8. The lowest BCUT2D eigenvalue weighted by Gasteiger charge is -2.22. The molecule has 0 radical (unpaired) electrons. The Bertz CT molecular complexity index is 752. The monoisotopic (exact) mass is 343 g/mol. The number of rotatable bonds is 5. The van der Waals surface area contributed by atoms with Crippen LogP contribution in [0.25, 0.3) is 0 Å². The van der Waals surface area contributed by atoms with Gasteiger partial charge in [-0.05, 0) is 69.5 Å². The Morgan fingerprint density at radius 3 is 2.68 bits per heavy atom. The first-order valence-corrected chi connectivity index (χ1v) is 8.81. The molecule has 0 atom stereocenters. The van der Waals surface area contributed by atoms with E-state index < -0.39 is 0 Å². The number of aromatic hydroxyl groups is 1. The lowest BCUT2D eigenvalue weighted by Crippen LogP contribution is -2.23. The molecule has 1 N–H and O–H groups in total. The van der Waals surface area contributed by atoms with Crippen molar-refractivity contribution in [2.45, 2.75) is 52.3 Å². The van der Waals surface area contributed by atoms with Crippen molar-refractivity contribution in [1.29, 1.82) is 0 Å². The van der Waals surface area contributed by atoms with Crippen LogP contribution in [0.5, 0.6) is 11.5 Å². The van der Waals surface area contributed by atoms with Crippen LogP contribution in [-0.2, 0) is 19.5 Å². The third-order valence-corrected chi connectivity index (χ3v) is 4.37. The average molecular weight is 343 g/mol. The molecule has 134 valence electrons. The predicted octanol–water partition coefficient (Wildman–Crippen LogP) is 4.66. The highest BCUT2D eigenvalue weighted by molar-refractivity contribution is 5.42. The van der Waals surface area contributed by atoms with Gasteiger partial charge in [-0.2, -0.15) is 0 Å². The van der Waals surface area contributed by atoms with Crippen molar-refractivity contribution in [2.75, 3.05) is 6.54 Å². The fraction of sp³-hybridized carbons (Fsp3) is 0.429. The Morgan fingerprint density at radius 1 is 1.16 bits per heavy atom. The fourth-order valence-electron chi connectivity index (χ4n) is 3.24. The SMILES string of the molecule is CC(C)(C)Oc1cc(CCCN2Cc3cccc(F)c3C2)ccc1O. The van der Waals surface area contributed by atoms with Crippen molar-refractivity contribution in [3.8, 4) is 11.5 Å². The van der Waals surface area contributed by atoms with E-state index in [2.05, 4.69) is 4.90 Å². The van der Waals surface area contributed by atoms with Crippen LogP contribution >= 0.6 is 0 Å². The first-order valence-electron chi connectivity index (χ1n) is 8.81. The van der Waals surface area contributed by atoms with Gasteiger partial charge in [0.05, 0.1) is 0 Å². The van der Waals surface area contributed by atoms with Crippen molar-refractivity contribution in [3.05, 3.63) is 58.9 Å². The Labute approximate surface area is 149 Å². The van der Waals surface area contributed by atoms with Gasteiger partial charge >= 0.3 is 0 Å². The predicted molar refractivity (Wildman–Crippen MR) is 97.3 cm³/mol. The summed E-state index contributed by atoms with van der Waals surface area (Å²) >= 11 is 0. The molecule has 0 saturated heterocycles. The van der Waals surface area contributed by atoms with E-state index in [9.17, 15) is 9.50 Å². The maximum Gasteiger partial charge on any atom is 0.161 e. The van der Waals surface area contributed by atoms with Crippen LogP contribution in [0, 0.1) is 5.82 Å². The van der Waals surface area contributed by atoms with E-state index in [1.807, 2.05) is 39.0 Å². The smallest absolute Gasteiger partial charge is 0.161 e. The Balaban J connectivity index is 1.55. The van der Waals surface area contributed by atoms with Crippen LogP contribution in [0.1, 0.15) is 43.9 Å². The fourth-order valence-corrected chi connectivity index (χ4v) is 3.24. The van der Waals surface area contributed by atoms with Gasteiger partial charge < -0.3 is 9.84 Å². The van der Waals surface area contributed by atoms with E-state index >= 15 is 0 Å². The van der Waals surface area contributed by atoms with Crippen LogP contribution in [0.3, 0.4) is 0 Å². The highest BCUT2D eigenvalue weighted by Crippen LogP contribution is 2.31. The Hall–Kier alpha value is -2.07. The molecule has 0 fully saturated rings. The van der Waals surface area contributed by atoms with E-state index in [-0.39, 0.29) is 17.2 Å². The van der Waals surface area contributed by atoms with E-state index in [1.54, 1.807) is 12.1 Å². The summed E-state index contributed by atoms with van der Waals surface area (Å²) < 4.78 is 19.6. The molecule has 1 aliphatic heterocycles. The standard InChI is InChI=1S/C21H26FNO2/c1-21(2,3)25-20-12-15(9-10-19(20)24)6-5-11-23-13-16-7-4-8-18(22)17(16)14-23/h4,7-10,12,24H,5-6,11,13-14H2,1-3H3. The number of phenolic OH excluding ortho intramolecular Hbond substituents is 1. The molecular formula is C21H26FNO2. The molecular weight excluding hydrogens is 317 g/mol. The van der Waals surface area contributed by atoms with Gasteiger partial charge in [-0.15, -0.1) is 0 Å². The number of fused-ring (bicyclic) bond motifs is 1. The molecule has 0 spiro atoms. The molecule has 3 nitrogen and oxygen atoms in total. The summed E-state index contributed by atoms with van der Waals surface area (Å²) in [7, 11) is 0. The summed E-state index contributed by atoms with van der Waals surface area (Å²) in [6, 6.07) is 10.9. The van der Waals surface area contributed by atoms with Gasteiger partial charge in [0.15, 0.2) is 11.5 Å². The lowest BCUT2D eigenvalue weighted by atomic mass is 10.1. The molecule has 4 heteroatoms. The van der Waals surface area contributed by atoms with E-state index in [4.69, 9.17) is 4.74 Å². The second-order valence-corrected chi connectivity index (χ2v) is 7.71. The number of halogens is 1. The highest BCUT2D eigenvalue weighted by atomic mass is 19.1. The van der Waals surface area contributed by atoms with Crippen LogP contribution in [0.15, 0.2) is 36.4 Å². The second-order valence-electron chi connectivity index (χ2n) is 7.71. The second kappa shape index (κ2) is 7.04. The number of aryl methyl sites for hydroxylation is 1. The molecule has 2 aromatic rings. The third-order valence-electron chi connectivity index (χ3n) is 4.37. The van der Waals surface area contributed by atoms with Crippen LogP contribution in [0.2, 0.25) is 0 Å². The largest absolute Gasteiger partial charge is 0.504 e. The van der Waals surface area contributed by atoms with E-state index in [0.29, 0.717) is 12.3 Å². The maximum absolute atomic E-state index is 13.8. The Kier molecular flexibility index (Phi) is 5.00. The number of ether oxygens (including phenoxy) is 1. The summed E-state index contributed by atoms with van der Waals surface area (Å²) in [6.07, 6.45) is 1.88. The first-order chi connectivity index (χ1) is 11.8. The summed E-state index contributed by atoms with van der Waals surface area (Å²) in [6.45, 7) is 8.32. The summed E-state index contributed by atoms with van der Waals surface area (Å²) in [4.78, 5) is 2.28. The molecule has 0 aromatic heterocycles. The van der Waals surface area contributed by atoms with Gasteiger partial charge in [-0.25, -0.2) is 4.39 Å². The normalized spacial score (nSPS) is 14.6. The summed E-state index contributed by atoms with van der Waals surface area (Å²) in [5, 5.41) is 9.95. The van der Waals surface area contributed by atoms with Crippen molar-refractivity contribution in [1.82, 2.24) is 4.90 Å². The zero-order valence-electron chi connectivity index (χ0n) is 15.2. The lowest BCUT2D eigenvalue weighted by molar-refractivity contribution is 0.126. The topological polar surface area (TPSA) is 32.7 Å². The van der Waals surface area contributed by atoms with Gasteiger partial charge in [-0.3, -0.25) is 4.90 Å². The molecule has 3 rings (SSSR count). The van der Waals surface area contributed by atoms with Crippen LogP contribution in [-0.4, -0.2) is 22.2 Å². The minimum absolute atomic E-state index is 0.0949. The highest BCUT2D eigenvalue weighted by Gasteiger charge is 2.21. The molecule has 0 bridgehead atoms. The van der Waals surface area contributed by atoms with Gasteiger partial charge in [0.1, 0.15) is 11.4 Å². The first kappa shape index (κ1) is 17.7. The van der Waals surface area contributed by atoms with Crippen molar-refractivity contribution in [3.63, 3.8) is 0 Å². The third kappa shape index (κ3) is 4.51. The number of benzene rings is 2. The van der Waals surface area contributed by atoms with E-state index in [0.717, 1.165) is 42.6 Å². The zero-order valence-corrected chi connectivity index (χ0v) is 15.2. The molecule has 25 heavy (non-hydrogen) atoms. The molecule has 0 unspecified atom stereocenters. The van der Waals surface area contributed by atoms with Crippen molar-refractivity contribution in [2.24, 2.45) is 0 Å². The van der Waals surface area contributed by atoms with Crippen LogP contribution < -0.4 is 4.74 Å². The minimum Gasteiger partial charge on any atom is -0.504 e. The van der Waals surface area contributed by atoms with Crippen molar-refractivity contribution >= 4 is 0 Å². The number of phenols is 1. The van der Waals surface area contributed by atoms with Gasteiger partial charge in [0.25, 0.3) is 0 Å². The molecule has 1 aliphatic rings. The number of hydrogen-bond acceptors (Lipinski definition) is 3. The minimum atomic E-state index is -0.346. The summed E-state index contributed by atoms with van der Waals surface area (Å²) in [5.74, 6) is 0.604. The Morgan fingerprint density at radius 2 is 1.96 bits per heavy atom. The molecule has 1 heterocycles. The number of nitrogens with zero attached hydrogens (tertiary/aromatic N) is 1. The van der Waals surface area contributed by atoms with Gasteiger partial charge in [-0.1, -0.05) is 18.2 Å². The summed E-state index contributed by atoms with van der Waals surface area (Å²) in [5.41, 5.74) is 2.74. The number of hydrogen-bond donors (Lipinski definition) is 1. The van der Waals surface area contributed by atoms with Gasteiger partial charge in [0.2, 0.25) is 0 Å². The quantitative estimate of drug-likeness (QED) is 0.857. The molecule has 0 saturated carbocycles. The van der Waals surface area contributed by atoms with Gasteiger partial charge in [0, 0.05) is 18.7 Å². The molecule has 2 aromatic carbocycles. The zero-order chi connectivity index (χ0) is 18.0. The van der Waals surface area contributed by atoms with Crippen LogP contribution in [0.4, 0.5) is 4.39 Å². The average Bonchev–Trinajstić information content (AvgIpc) is 2.93. The van der Waals surface area contributed by atoms with E-state index in [1.165, 1.54) is 6.07 Å². The van der Waals surface area contributed by atoms with Crippen molar-refractivity contribution < 1.29 is 14.2 Å².